The summed E-state index contributed by atoms with van der Waals surface area (Å²) in [5.74, 6) is 0.433. The molecule has 78 valence electrons. The summed E-state index contributed by atoms with van der Waals surface area (Å²) < 4.78 is 0. The Kier molecular flexibility index (Phi) is 2.89. The molecule has 0 saturated heterocycles. The van der Waals surface area contributed by atoms with E-state index in [1.165, 1.54) is 11.1 Å². The highest BCUT2D eigenvalue weighted by Crippen LogP contribution is 2.34. The minimum atomic E-state index is 0.105. The smallest absolute Gasteiger partial charge is 0.119 e. The predicted octanol–water partition coefficient (Wildman–Crippen LogP) is 3.56. The normalized spacial score (nSPS) is 11.8. The standard InChI is InChI=1S/C13H20O/c1-6-10-11(14)8-7-9(2)12(10)13(3,4)5/h7-8,14H,6H2,1-5H3. The fourth-order valence-corrected chi connectivity index (χ4v) is 2.16. The number of phenolic OH excluding ortho intramolecular Hbond substituents is 1. The van der Waals surface area contributed by atoms with E-state index in [0.29, 0.717) is 5.75 Å². The third-order valence-electron chi connectivity index (χ3n) is 2.60. The first-order valence-electron chi connectivity index (χ1n) is 5.19. The highest BCUT2D eigenvalue weighted by Gasteiger charge is 2.21. The van der Waals surface area contributed by atoms with Crippen molar-refractivity contribution in [2.24, 2.45) is 0 Å². The number of rotatable bonds is 1. The summed E-state index contributed by atoms with van der Waals surface area (Å²) >= 11 is 0. The van der Waals surface area contributed by atoms with Gasteiger partial charge in [0.05, 0.1) is 0 Å². The van der Waals surface area contributed by atoms with Crippen LogP contribution >= 0.6 is 0 Å². The second kappa shape index (κ2) is 3.64. The van der Waals surface area contributed by atoms with Gasteiger partial charge in [0.25, 0.3) is 0 Å². The summed E-state index contributed by atoms with van der Waals surface area (Å²) in [7, 11) is 0. The Bertz CT molecular complexity index is 332. The van der Waals surface area contributed by atoms with Crippen LogP contribution in [-0.2, 0) is 11.8 Å². The molecule has 0 aliphatic rings. The van der Waals surface area contributed by atoms with Crippen LogP contribution in [0.15, 0.2) is 12.1 Å². The second-order valence-corrected chi connectivity index (χ2v) is 4.86. The van der Waals surface area contributed by atoms with Crippen LogP contribution in [0.5, 0.6) is 5.75 Å². The average Bonchev–Trinajstić information content (AvgIpc) is 2.06. The molecule has 0 amide bonds. The monoisotopic (exact) mass is 192 g/mol. The van der Waals surface area contributed by atoms with E-state index in [1.54, 1.807) is 6.07 Å². The first kappa shape index (κ1) is 11.1. The van der Waals surface area contributed by atoms with Gasteiger partial charge in [-0.1, -0.05) is 33.8 Å². The predicted molar refractivity (Wildman–Crippen MR) is 60.9 cm³/mol. The van der Waals surface area contributed by atoms with Gasteiger partial charge in [0.1, 0.15) is 5.75 Å². The average molecular weight is 192 g/mol. The minimum absolute atomic E-state index is 0.105. The van der Waals surface area contributed by atoms with Gasteiger partial charge in [-0.25, -0.2) is 0 Å². The van der Waals surface area contributed by atoms with E-state index in [-0.39, 0.29) is 5.41 Å². The van der Waals surface area contributed by atoms with Gasteiger partial charge in [-0.2, -0.15) is 0 Å². The minimum Gasteiger partial charge on any atom is -0.508 e. The molecule has 0 aliphatic carbocycles. The summed E-state index contributed by atoms with van der Waals surface area (Å²) in [6.07, 6.45) is 0.889. The van der Waals surface area contributed by atoms with Crippen LogP contribution in [0.1, 0.15) is 44.4 Å². The van der Waals surface area contributed by atoms with Gasteiger partial charge in [0.2, 0.25) is 0 Å². The molecule has 0 aromatic heterocycles. The lowest BCUT2D eigenvalue weighted by Gasteiger charge is -2.25. The summed E-state index contributed by atoms with van der Waals surface area (Å²) in [5, 5.41) is 9.78. The Hall–Kier alpha value is -0.980. The number of aromatic hydroxyl groups is 1. The maximum Gasteiger partial charge on any atom is 0.119 e. The molecule has 1 rings (SSSR count). The maximum atomic E-state index is 9.78. The van der Waals surface area contributed by atoms with E-state index >= 15 is 0 Å². The van der Waals surface area contributed by atoms with Crippen molar-refractivity contribution in [3.8, 4) is 5.75 Å². The van der Waals surface area contributed by atoms with Gasteiger partial charge < -0.3 is 5.11 Å². The van der Waals surface area contributed by atoms with Crippen molar-refractivity contribution in [2.75, 3.05) is 0 Å². The number of hydrogen-bond acceptors (Lipinski definition) is 1. The lowest BCUT2D eigenvalue weighted by Crippen LogP contribution is -2.16. The van der Waals surface area contributed by atoms with Crippen molar-refractivity contribution in [1.82, 2.24) is 0 Å². The molecule has 0 unspecified atom stereocenters. The molecule has 0 aliphatic heterocycles. The Morgan fingerprint density at radius 3 is 2.14 bits per heavy atom. The van der Waals surface area contributed by atoms with Crippen molar-refractivity contribution in [3.05, 3.63) is 28.8 Å². The van der Waals surface area contributed by atoms with Crippen molar-refractivity contribution in [1.29, 1.82) is 0 Å². The Labute approximate surface area is 86.8 Å². The van der Waals surface area contributed by atoms with Crippen molar-refractivity contribution < 1.29 is 5.11 Å². The van der Waals surface area contributed by atoms with Crippen molar-refractivity contribution >= 4 is 0 Å². The van der Waals surface area contributed by atoms with E-state index in [4.69, 9.17) is 0 Å². The topological polar surface area (TPSA) is 20.2 Å². The molecule has 0 fully saturated rings. The van der Waals surface area contributed by atoms with Crippen LogP contribution in [0.2, 0.25) is 0 Å². The van der Waals surface area contributed by atoms with Gasteiger partial charge in [0.15, 0.2) is 0 Å². The summed E-state index contributed by atoms with van der Waals surface area (Å²) in [6, 6.07) is 3.79. The second-order valence-electron chi connectivity index (χ2n) is 4.86. The highest BCUT2D eigenvalue weighted by molar-refractivity contribution is 5.47. The van der Waals surface area contributed by atoms with E-state index in [1.807, 2.05) is 6.07 Å². The first-order chi connectivity index (χ1) is 6.38. The molecule has 1 aromatic carbocycles. The van der Waals surface area contributed by atoms with E-state index < -0.39 is 0 Å². The SMILES string of the molecule is CCc1c(O)ccc(C)c1C(C)(C)C. The Balaban J connectivity index is 3.46. The molecule has 0 heterocycles. The van der Waals surface area contributed by atoms with Crippen LogP contribution in [0.25, 0.3) is 0 Å². The van der Waals surface area contributed by atoms with Crippen molar-refractivity contribution in [3.63, 3.8) is 0 Å². The number of benzene rings is 1. The van der Waals surface area contributed by atoms with E-state index in [2.05, 4.69) is 34.6 Å². The molecule has 1 nitrogen and oxygen atoms in total. The summed E-state index contributed by atoms with van der Waals surface area (Å²) in [6.45, 7) is 10.8. The number of aryl methyl sites for hydroxylation is 1. The van der Waals surface area contributed by atoms with Gasteiger partial charge in [0, 0.05) is 0 Å². The Morgan fingerprint density at radius 1 is 1.21 bits per heavy atom. The lowest BCUT2D eigenvalue weighted by molar-refractivity contribution is 0.462. The molecule has 14 heavy (non-hydrogen) atoms. The molecule has 1 N–H and O–H groups in total. The zero-order chi connectivity index (χ0) is 10.9. The molecule has 1 aromatic rings. The zero-order valence-electron chi connectivity index (χ0n) is 9.81. The summed E-state index contributed by atoms with van der Waals surface area (Å²) in [4.78, 5) is 0. The van der Waals surface area contributed by atoms with E-state index in [0.717, 1.165) is 12.0 Å². The van der Waals surface area contributed by atoms with Crippen LogP contribution in [0, 0.1) is 6.92 Å². The maximum absolute atomic E-state index is 9.78. The molecular formula is C13H20O. The molecule has 0 atom stereocenters. The zero-order valence-corrected chi connectivity index (χ0v) is 9.81. The quantitative estimate of drug-likeness (QED) is 0.721. The first-order valence-corrected chi connectivity index (χ1v) is 5.19. The van der Waals surface area contributed by atoms with Gasteiger partial charge in [-0.05, 0) is 41.5 Å². The van der Waals surface area contributed by atoms with Crippen LogP contribution in [0.4, 0.5) is 0 Å². The molecular weight excluding hydrogens is 172 g/mol. The molecule has 1 heteroatoms. The lowest BCUT2D eigenvalue weighted by atomic mass is 9.80. The van der Waals surface area contributed by atoms with Crippen molar-refractivity contribution in [2.45, 2.75) is 46.5 Å². The molecule has 0 radical (unpaired) electrons. The molecule has 0 saturated carbocycles. The van der Waals surface area contributed by atoms with Gasteiger partial charge >= 0.3 is 0 Å². The van der Waals surface area contributed by atoms with Crippen LogP contribution < -0.4 is 0 Å². The largest absolute Gasteiger partial charge is 0.508 e. The van der Waals surface area contributed by atoms with Crippen LogP contribution in [-0.4, -0.2) is 5.11 Å². The Morgan fingerprint density at radius 2 is 1.79 bits per heavy atom. The fraction of sp³-hybridized carbons (Fsp3) is 0.538. The molecule has 0 spiro atoms. The third kappa shape index (κ3) is 1.92. The molecule has 0 bridgehead atoms. The third-order valence-corrected chi connectivity index (χ3v) is 2.60. The number of hydrogen-bond donors (Lipinski definition) is 1. The summed E-state index contributed by atoms with van der Waals surface area (Å²) in [5.41, 5.74) is 3.76. The number of phenols is 1. The van der Waals surface area contributed by atoms with Crippen LogP contribution in [0.3, 0.4) is 0 Å². The fourth-order valence-electron chi connectivity index (χ4n) is 2.16. The van der Waals surface area contributed by atoms with Gasteiger partial charge in [-0.15, -0.1) is 0 Å². The van der Waals surface area contributed by atoms with E-state index in [9.17, 15) is 5.11 Å². The van der Waals surface area contributed by atoms with Gasteiger partial charge in [-0.3, -0.25) is 0 Å². The highest BCUT2D eigenvalue weighted by atomic mass is 16.3.